The summed E-state index contributed by atoms with van der Waals surface area (Å²) in [5, 5.41) is 6.62. The van der Waals surface area contributed by atoms with Crippen LogP contribution >= 0.6 is 11.3 Å². The summed E-state index contributed by atoms with van der Waals surface area (Å²) in [6.45, 7) is 3.49. The molecule has 2 N–H and O–H groups in total. The molecule has 0 atom stereocenters. The summed E-state index contributed by atoms with van der Waals surface area (Å²) >= 11 is 1.67. The van der Waals surface area contributed by atoms with Crippen molar-refractivity contribution in [3.05, 3.63) is 45.4 Å². The molecule has 0 aliphatic carbocycles. The minimum Gasteiger partial charge on any atom is -0.491 e. The summed E-state index contributed by atoms with van der Waals surface area (Å²) in [7, 11) is 0. The van der Waals surface area contributed by atoms with Crippen molar-refractivity contribution in [2.75, 3.05) is 19.7 Å². The van der Waals surface area contributed by atoms with Crippen LogP contribution in [0.1, 0.15) is 37.5 Å². The van der Waals surface area contributed by atoms with E-state index in [1.54, 1.807) is 29.5 Å². The van der Waals surface area contributed by atoms with Crippen molar-refractivity contribution in [3.8, 4) is 5.75 Å². The molecular formula is C17H19N3O3S. The van der Waals surface area contributed by atoms with Crippen molar-refractivity contribution in [2.45, 2.75) is 19.8 Å². The Morgan fingerprint density at radius 2 is 2.33 bits per heavy atom. The van der Waals surface area contributed by atoms with Crippen molar-refractivity contribution in [1.82, 2.24) is 15.6 Å². The van der Waals surface area contributed by atoms with Crippen LogP contribution in [0.5, 0.6) is 5.75 Å². The van der Waals surface area contributed by atoms with Crippen LogP contribution in [0.3, 0.4) is 0 Å². The van der Waals surface area contributed by atoms with E-state index in [0.29, 0.717) is 43.0 Å². The molecule has 2 heterocycles. The first kappa shape index (κ1) is 16.4. The summed E-state index contributed by atoms with van der Waals surface area (Å²) in [4.78, 5) is 29.8. The van der Waals surface area contributed by atoms with Gasteiger partial charge in [-0.05, 0) is 24.6 Å². The molecule has 0 saturated heterocycles. The zero-order valence-electron chi connectivity index (χ0n) is 13.4. The Labute approximate surface area is 144 Å². The van der Waals surface area contributed by atoms with E-state index in [9.17, 15) is 9.59 Å². The van der Waals surface area contributed by atoms with Gasteiger partial charge in [0.1, 0.15) is 12.4 Å². The highest BCUT2D eigenvalue weighted by Gasteiger charge is 2.18. The molecule has 1 aromatic carbocycles. The fourth-order valence-electron chi connectivity index (χ4n) is 2.41. The average Bonchev–Trinajstić information content (AvgIpc) is 2.98. The number of hydrogen-bond donors (Lipinski definition) is 2. The van der Waals surface area contributed by atoms with Crippen molar-refractivity contribution in [3.63, 3.8) is 0 Å². The van der Waals surface area contributed by atoms with Crippen LogP contribution in [0, 0.1) is 0 Å². The molecule has 1 aliphatic rings. The maximum absolute atomic E-state index is 12.3. The van der Waals surface area contributed by atoms with Crippen LogP contribution in [0.25, 0.3) is 0 Å². The van der Waals surface area contributed by atoms with Gasteiger partial charge in [0.2, 0.25) is 0 Å². The van der Waals surface area contributed by atoms with Gasteiger partial charge in [0.25, 0.3) is 11.8 Å². The number of fused-ring (bicyclic) bond motifs is 1. The van der Waals surface area contributed by atoms with E-state index in [2.05, 4.69) is 22.5 Å². The maximum Gasteiger partial charge on any atom is 0.255 e. The third-order valence-corrected chi connectivity index (χ3v) is 4.91. The molecule has 1 aliphatic heterocycles. The lowest BCUT2D eigenvalue weighted by Crippen LogP contribution is -2.27. The Hall–Kier alpha value is -2.41. The first-order chi connectivity index (χ1) is 11.7. The number of hydrogen-bond acceptors (Lipinski definition) is 5. The lowest BCUT2D eigenvalue weighted by atomic mass is 10.1. The molecule has 24 heavy (non-hydrogen) atoms. The van der Waals surface area contributed by atoms with Gasteiger partial charge in [-0.2, -0.15) is 0 Å². The van der Waals surface area contributed by atoms with Gasteiger partial charge < -0.3 is 15.4 Å². The molecule has 0 fully saturated rings. The SMILES string of the molecule is CCc1cnc(CCNC(=O)c2ccc3c(c2)C(=O)NCCO3)s1. The number of aryl methyl sites for hydroxylation is 1. The number of nitrogens with zero attached hydrogens (tertiary/aromatic N) is 1. The predicted molar refractivity (Wildman–Crippen MR) is 91.8 cm³/mol. The molecule has 2 amide bonds. The van der Waals surface area contributed by atoms with Crippen LogP contribution in [0.2, 0.25) is 0 Å². The highest BCUT2D eigenvalue weighted by Crippen LogP contribution is 2.21. The van der Waals surface area contributed by atoms with Crippen LogP contribution in [0.4, 0.5) is 0 Å². The van der Waals surface area contributed by atoms with Gasteiger partial charge in [-0.1, -0.05) is 6.92 Å². The number of nitrogens with one attached hydrogen (secondary N) is 2. The molecule has 0 radical (unpaired) electrons. The quantitative estimate of drug-likeness (QED) is 0.866. The topological polar surface area (TPSA) is 80.3 Å². The van der Waals surface area contributed by atoms with E-state index >= 15 is 0 Å². The number of ether oxygens (including phenoxy) is 1. The number of amides is 2. The summed E-state index contributed by atoms with van der Waals surface area (Å²) in [6.07, 6.45) is 3.56. The predicted octanol–water partition coefficient (Wildman–Crippen LogP) is 1.80. The van der Waals surface area contributed by atoms with Gasteiger partial charge in [-0.25, -0.2) is 4.98 Å². The first-order valence-corrected chi connectivity index (χ1v) is 8.76. The molecule has 0 bridgehead atoms. The molecule has 0 spiro atoms. The second-order valence-corrected chi connectivity index (χ2v) is 6.59. The Morgan fingerprint density at radius 3 is 3.12 bits per heavy atom. The van der Waals surface area contributed by atoms with E-state index in [4.69, 9.17) is 4.74 Å². The normalized spacial score (nSPS) is 13.5. The van der Waals surface area contributed by atoms with E-state index in [1.807, 2.05) is 6.20 Å². The third kappa shape index (κ3) is 3.73. The third-order valence-electron chi connectivity index (χ3n) is 3.71. The molecule has 6 nitrogen and oxygen atoms in total. The molecular weight excluding hydrogens is 326 g/mol. The van der Waals surface area contributed by atoms with E-state index in [-0.39, 0.29) is 11.8 Å². The van der Waals surface area contributed by atoms with Crippen LogP contribution in [-0.2, 0) is 12.8 Å². The van der Waals surface area contributed by atoms with Crippen LogP contribution < -0.4 is 15.4 Å². The Morgan fingerprint density at radius 1 is 1.46 bits per heavy atom. The summed E-state index contributed by atoms with van der Waals surface area (Å²) in [6, 6.07) is 4.92. The minimum absolute atomic E-state index is 0.206. The van der Waals surface area contributed by atoms with Gasteiger partial charge in [-0.15, -0.1) is 11.3 Å². The second-order valence-electron chi connectivity index (χ2n) is 5.40. The molecule has 0 saturated carbocycles. The molecule has 1 aromatic heterocycles. The van der Waals surface area contributed by atoms with E-state index in [0.717, 1.165) is 11.4 Å². The van der Waals surface area contributed by atoms with Crippen molar-refractivity contribution in [1.29, 1.82) is 0 Å². The fourth-order valence-corrected chi connectivity index (χ4v) is 3.27. The molecule has 2 aromatic rings. The van der Waals surface area contributed by atoms with Gasteiger partial charge in [0, 0.05) is 29.6 Å². The number of carbonyl (C=O) groups is 2. The molecule has 3 rings (SSSR count). The van der Waals surface area contributed by atoms with Crippen molar-refractivity contribution in [2.24, 2.45) is 0 Å². The largest absolute Gasteiger partial charge is 0.491 e. The van der Waals surface area contributed by atoms with Crippen molar-refractivity contribution >= 4 is 23.2 Å². The van der Waals surface area contributed by atoms with Gasteiger partial charge >= 0.3 is 0 Å². The Kier molecular flexibility index (Phi) is 5.10. The monoisotopic (exact) mass is 345 g/mol. The number of benzene rings is 1. The summed E-state index contributed by atoms with van der Waals surface area (Å²) < 4.78 is 5.48. The van der Waals surface area contributed by atoms with Gasteiger partial charge in [0.05, 0.1) is 17.1 Å². The van der Waals surface area contributed by atoms with Crippen LogP contribution in [0.15, 0.2) is 24.4 Å². The summed E-state index contributed by atoms with van der Waals surface area (Å²) in [5.41, 5.74) is 0.843. The maximum atomic E-state index is 12.3. The number of aromatic nitrogens is 1. The molecule has 126 valence electrons. The Balaban J connectivity index is 1.61. The van der Waals surface area contributed by atoms with Crippen molar-refractivity contribution < 1.29 is 14.3 Å². The molecule has 0 unspecified atom stereocenters. The van der Waals surface area contributed by atoms with E-state index in [1.165, 1.54) is 4.88 Å². The lowest BCUT2D eigenvalue weighted by Gasteiger charge is -2.08. The number of rotatable bonds is 5. The molecule has 7 heteroatoms. The van der Waals surface area contributed by atoms with Gasteiger partial charge in [-0.3, -0.25) is 9.59 Å². The zero-order valence-corrected chi connectivity index (χ0v) is 14.2. The van der Waals surface area contributed by atoms with Gasteiger partial charge in [0.15, 0.2) is 0 Å². The Bertz CT molecular complexity index is 757. The zero-order chi connectivity index (χ0) is 16.9. The second kappa shape index (κ2) is 7.44. The first-order valence-electron chi connectivity index (χ1n) is 7.94. The average molecular weight is 345 g/mol. The highest BCUT2D eigenvalue weighted by molar-refractivity contribution is 7.11. The smallest absolute Gasteiger partial charge is 0.255 e. The fraction of sp³-hybridized carbons (Fsp3) is 0.353. The lowest BCUT2D eigenvalue weighted by molar-refractivity contribution is 0.0953. The van der Waals surface area contributed by atoms with E-state index < -0.39 is 0 Å². The minimum atomic E-state index is -0.216. The highest BCUT2D eigenvalue weighted by atomic mass is 32.1. The standard InChI is InChI=1S/C17H19N3O3S/c1-2-12-10-20-15(24-12)5-6-18-16(21)11-3-4-14-13(9-11)17(22)19-7-8-23-14/h3-4,9-10H,2,5-8H2,1H3,(H,18,21)(H,19,22). The number of carbonyl (C=O) groups excluding carboxylic acids is 2. The van der Waals surface area contributed by atoms with Crippen LogP contribution in [-0.4, -0.2) is 36.5 Å². The summed E-state index contributed by atoms with van der Waals surface area (Å²) in [5.74, 6) is 0.0885. The number of thiazole rings is 1.